The molecular weight excluding hydrogens is 444 g/mol. The minimum Gasteiger partial charge on any atom is -0.350 e. The molecule has 5 nitrogen and oxygen atoms in total. The number of hydrogen-bond acceptors (Lipinski definition) is 8. The number of halogens is 1. The van der Waals surface area contributed by atoms with Crippen LogP contribution in [-0.2, 0) is 4.79 Å². The van der Waals surface area contributed by atoms with Gasteiger partial charge >= 0.3 is 0 Å². The lowest BCUT2D eigenvalue weighted by Gasteiger charge is -2.18. The van der Waals surface area contributed by atoms with E-state index in [1.807, 2.05) is 49.5 Å². The molecule has 0 atom stereocenters. The zero-order valence-electron chi connectivity index (χ0n) is 16.1. The van der Waals surface area contributed by atoms with Gasteiger partial charge in [-0.25, -0.2) is 15.0 Å². The zero-order valence-corrected chi connectivity index (χ0v) is 19.4. The monoisotopic (exact) mass is 462 g/mol. The van der Waals surface area contributed by atoms with Gasteiger partial charge in [-0.15, -0.1) is 11.3 Å². The average molecular weight is 463 g/mol. The van der Waals surface area contributed by atoms with Crippen molar-refractivity contribution in [1.82, 2.24) is 15.0 Å². The Morgan fingerprint density at radius 2 is 2.14 bits per heavy atom. The van der Waals surface area contributed by atoms with Crippen LogP contribution in [0.25, 0.3) is 22.1 Å². The van der Waals surface area contributed by atoms with E-state index in [2.05, 4.69) is 27.6 Å². The van der Waals surface area contributed by atoms with Crippen LogP contribution in [0, 0.1) is 6.92 Å². The number of thiol groups is 1. The van der Waals surface area contributed by atoms with Gasteiger partial charge in [0.05, 0.1) is 15.8 Å². The Kier molecular flexibility index (Phi) is 7.34. The molecule has 0 bridgehead atoms. The van der Waals surface area contributed by atoms with Gasteiger partial charge in [-0.1, -0.05) is 35.5 Å². The predicted molar refractivity (Wildman–Crippen MR) is 127 cm³/mol. The summed E-state index contributed by atoms with van der Waals surface area (Å²) in [5.41, 5.74) is 2.80. The number of thioether (sulfide) groups is 1. The van der Waals surface area contributed by atoms with Gasteiger partial charge in [-0.3, -0.25) is 4.79 Å². The molecule has 1 aromatic carbocycles. The summed E-state index contributed by atoms with van der Waals surface area (Å²) in [4.78, 5) is 28.0. The fraction of sp³-hybridized carbons (Fsp3) is 0.200. The summed E-state index contributed by atoms with van der Waals surface area (Å²) in [7, 11) is 1.89. The Morgan fingerprint density at radius 1 is 1.34 bits per heavy atom. The van der Waals surface area contributed by atoms with Crippen LogP contribution in [0.15, 0.2) is 35.7 Å². The first kappa shape index (κ1) is 21.8. The van der Waals surface area contributed by atoms with E-state index in [0.29, 0.717) is 33.0 Å². The number of rotatable bonds is 7. The van der Waals surface area contributed by atoms with E-state index in [4.69, 9.17) is 11.6 Å². The zero-order chi connectivity index (χ0) is 21.0. The van der Waals surface area contributed by atoms with Crippen LogP contribution in [0.1, 0.15) is 16.1 Å². The number of nitrogens with zero attached hydrogens (tertiary/aromatic N) is 4. The molecule has 0 aliphatic rings. The summed E-state index contributed by atoms with van der Waals surface area (Å²) in [6, 6.07) is 5.65. The number of allylic oxidation sites excluding steroid dienone is 1. The largest absolute Gasteiger partial charge is 0.350 e. The van der Waals surface area contributed by atoms with Crippen molar-refractivity contribution in [3.8, 4) is 10.4 Å². The Hall–Kier alpha value is -1.87. The Morgan fingerprint density at radius 3 is 2.72 bits per heavy atom. The van der Waals surface area contributed by atoms with Gasteiger partial charge in [0.1, 0.15) is 5.82 Å². The van der Waals surface area contributed by atoms with E-state index in [9.17, 15) is 4.79 Å². The van der Waals surface area contributed by atoms with Crippen molar-refractivity contribution in [3.05, 3.63) is 51.7 Å². The number of anilines is 1. The van der Waals surface area contributed by atoms with Crippen LogP contribution in [0.5, 0.6) is 0 Å². The smallest absolute Gasteiger partial charge is 0.189 e. The third kappa shape index (κ3) is 5.01. The van der Waals surface area contributed by atoms with Crippen molar-refractivity contribution in [2.75, 3.05) is 24.1 Å². The molecular formula is C20H19ClN4OS3. The number of carbonyl (C=O) groups is 1. The van der Waals surface area contributed by atoms with Crippen molar-refractivity contribution < 1.29 is 4.79 Å². The number of aromatic nitrogens is 3. The molecule has 0 saturated carbocycles. The second-order valence-electron chi connectivity index (χ2n) is 6.13. The molecule has 0 aliphatic carbocycles. The van der Waals surface area contributed by atoms with E-state index in [-0.39, 0.29) is 0 Å². The fourth-order valence-corrected chi connectivity index (χ4v) is 4.21. The van der Waals surface area contributed by atoms with Crippen molar-refractivity contribution in [3.63, 3.8) is 0 Å². The van der Waals surface area contributed by atoms with E-state index in [0.717, 1.165) is 27.3 Å². The minimum absolute atomic E-state index is 0.455. The number of thiazole rings is 1. The third-order valence-electron chi connectivity index (χ3n) is 4.15. The van der Waals surface area contributed by atoms with Gasteiger partial charge in [0, 0.05) is 41.2 Å². The predicted octanol–water partition coefficient (Wildman–Crippen LogP) is 5.35. The van der Waals surface area contributed by atoms with E-state index in [1.54, 1.807) is 23.6 Å². The van der Waals surface area contributed by atoms with E-state index >= 15 is 0 Å². The van der Waals surface area contributed by atoms with Crippen LogP contribution in [-0.4, -0.2) is 40.4 Å². The Bertz CT molecular complexity index is 1070. The van der Waals surface area contributed by atoms with Crippen LogP contribution in [0.2, 0.25) is 5.02 Å². The highest BCUT2D eigenvalue weighted by molar-refractivity contribution is 7.98. The molecule has 0 N–H and O–H groups in total. The molecule has 0 saturated heterocycles. The van der Waals surface area contributed by atoms with E-state index in [1.165, 1.54) is 11.8 Å². The minimum atomic E-state index is 0.455. The van der Waals surface area contributed by atoms with Crippen LogP contribution >= 0.6 is 47.3 Å². The van der Waals surface area contributed by atoms with Crippen LogP contribution in [0.3, 0.4) is 0 Å². The van der Waals surface area contributed by atoms with Gasteiger partial charge in [0.15, 0.2) is 11.4 Å². The lowest BCUT2D eigenvalue weighted by atomic mass is 10.0. The maximum absolute atomic E-state index is 11.9. The first-order valence-electron chi connectivity index (χ1n) is 8.59. The molecule has 29 heavy (non-hydrogen) atoms. The molecule has 2 aromatic heterocycles. The molecule has 0 unspecified atom stereocenters. The van der Waals surface area contributed by atoms with Gasteiger partial charge in [-0.05, 0) is 30.9 Å². The molecule has 9 heteroatoms. The topological polar surface area (TPSA) is 59.0 Å². The van der Waals surface area contributed by atoms with Crippen molar-refractivity contribution in [2.24, 2.45) is 0 Å². The third-order valence-corrected chi connectivity index (χ3v) is 6.41. The summed E-state index contributed by atoms with van der Waals surface area (Å²) < 4.78 is 0. The SMILES string of the molecule is CSc1ncc(/C=C(\C=O)c2ccc(-c3cnc(C)s3)cc2Cl)c(N(C)CS)n1. The normalized spacial score (nSPS) is 11.6. The molecule has 0 fully saturated rings. The summed E-state index contributed by atoms with van der Waals surface area (Å²) in [6.45, 7) is 1.96. The van der Waals surface area contributed by atoms with Crippen LogP contribution < -0.4 is 4.90 Å². The molecule has 2 heterocycles. The molecule has 0 aliphatic heterocycles. The fourth-order valence-electron chi connectivity index (χ4n) is 2.68. The standard InChI is InChI=1S/C20H19ClN4OS3/c1-12-22-9-18(29-12)13-4-5-16(17(21)7-13)15(10-26)6-14-8-23-20(28-3)24-19(14)25(2)11-27/h4-10,27H,11H2,1-3H3/b15-6+. The van der Waals surface area contributed by atoms with E-state index < -0.39 is 0 Å². The number of hydrogen-bond donors (Lipinski definition) is 1. The second kappa shape index (κ2) is 9.75. The number of carbonyl (C=O) groups excluding carboxylic acids is 1. The lowest BCUT2D eigenvalue weighted by Crippen LogP contribution is -2.17. The molecule has 3 rings (SSSR count). The maximum atomic E-state index is 11.9. The molecule has 3 aromatic rings. The first-order valence-corrected chi connectivity index (χ1v) is 11.6. The highest BCUT2D eigenvalue weighted by atomic mass is 35.5. The first-order chi connectivity index (χ1) is 14.0. The van der Waals surface area contributed by atoms with Gasteiger partial charge in [0.2, 0.25) is 0 Å². The van der Waals surface area contributed by atoms with Gasteiger partial charge in [-0.2, -0.15) is 12.6 Å². The van der Waals surface area contributed by atoms with Crippen molar-refractivity contribution in [2.45, 2.75) is 12.1 Å². The highest BCUT2D eigenvalue weighted by Gasteiger charge is 2.13. The quantitative estimate of drug-likeness (QED) is 0.127. The van der Waals surface area contributed by atoms with Crippen molar-refractivity contribution >= 4 is 71.1 Å². The lowest BCUT2D eigenvalue weighted by molar-refractivity contribution is -0.103. The summed E-state index contributed by atoms with van der Waals surface area (Å²) in [5.74, 6) is 1.18. The Labute approximate surface area is 188 Å². The van der Waals surface area contributed by atoms with Gasteiger partial charge < -0.3 is 4.90 Å². The molecule has 0 spiro atoms. The maximum Gasteiger partial charge on any atom is 0.189 e. The number of aryl methyl sites for hydroxylation is 1. The van der Waals surface area contributed by atoms with Crippen LogP contribution in [0.4, 0.5) is 5.82 Å². The van der Waals surface area contributed by atoms with Gasteiger partial charge in [0.25, 0.3) is 0 Å². The average Bonchev–Trinajstić information content (AvgIpc) is 3.18. The summed E-state index contributed by atoms with van der Waals surface area (Å²) in [5, 5.41) is 2.14. The molecule has 0 amide bonds. The summed E-state index contributed by atoms with van der Waals surface area (Å²) in [6.07, 6.45) is 8.00. The number of benzene rings is 1. The second-order valence-corrected chi connectivity index (χ2v) is 8.83. The van der Waals surface area contributed by atoms with Crippen molar-refractivity contribution in [1.29, 1.82) is 0 Å². The highest BCUT2D eigenvalue weighted by Crippen LogP contribution is 2.33. The molecule has 150 valence electrons. The molecule has 0 radical (unpaired) electrons. The summed E-state index contributed by atoms with van der Waals surface area (Å²) >= 11 is 13.9. The number of aldehydes is 1. The Balaban J connectivity index is 2.04.